The number of benzene rings is 1. The highest BCUT2D eigenvalue weighted by molar-refractivity contribution is 5.90. The summed E-state index contributed by atoms with van der Waals surface area (Å²) in [6.45, 7) is 3.74. The van der Waals surface area contributed by atoms with Crippen LogP contribution in [0.4, 0.5) is 8.78 Å². The molecule has 1 aromatic rings. The Morgan fingerprint density at radius 3 is 2.20 bits per heavy atom. The van der Waals surface area contributed by atoms with E-state index in [4.69, 9.17) is 0 Å². The van der Waals surface area contributed by atoms with E-state index < -0.39 is 17.0 Å². The van der Waals surface area contributed by atoms with Gasteiger partial charge in [0.2, 0.25) is 5.91 Å². The van der Waals surface area contributed by atoms with Crippen molar-refractivity contribution in [3.05, 3.63) is 35.4 Å². The van der Waals surface area contributed by atoms with Gasteiger partial charge in [0.15, 0.2) is 11.6 Å². The molecule has 1 amide bonds. The van der Waals surface area contributed by atoms with E-state index in [2.05, 4.69) is 0 Å². The van der Waals surface area contributed by atoms with Crippen LogP contribution in [0.5, 0.6) is 0 Å². The molecular weight excluding hydrogens is 320 g/mol. The van der Waals surface area contributed by atoms with Crippen molar-refractivity contribution < 1.29 is 13.6 Å². The lowest BCUT2D eigenvalue weighted by molar-refractivity contribution is -0.192. The van der Waals surface area contributed by atoms with Gasteiger partial charge in [-0.3, -0.25) is 4.79 Å². The first kappa shape index (κ1) is 15.8. The van der Waals surface area contributed by atoms with Gasteiger partial charge in [-0.25, -0.2) is 8.78 Å². The van der Waals surface area contributed by atoms with Gasteiger partial charge in [0, 0.05) is 11.6 Å². The van der Waals surface area contributed by atoms with Crippen LogP contribution in [0.3, 0.4) is 0 Å². The van der Waals surface area contributed by atoms with Crippen LogP contribution in [0.25, 0.3) is 0 Å². The van der Waals surface area contributed by atoms with Gasteiger partial charge in [-0.1, -0.05) is 12.1 Å². The van der Waals surface area contributed by atoms with Crippen LogP contribution in [-0.2, 0) is 4.79 Å². The van der Waals surface area contributed by atoms with Crippen molar-refractivity contribution in [1.82, 2.24) is 4.90 Å². The molecule has 1 aromatic carbocycles. The zero-order valence-corrected chi connectivity index (χ0v) is 14.8. The van der Waals surface area contributed by atoms with Crippen LogP contribution in [0, 0.1) is 40.7 Å². The molecule has 1 unspecified atom stereocenters. The topological polar surface area (TPSA) is 20.3 Å². The number of carbonyl (C=O) groups excluding carboxylic acids is 1. The normalized spacial score (nSPS) is 41.1. The fourth-order valence-electron chi connectivity index (χ4n) is 6.78. The van der Waals surface area contributed by atoms with Crippen molar-refractivity contribution in [1.29, 1.82) is 0 Å². The minimum atomic E-state index is -0.822. The number of hydrogen-bond donors (Lipinski definition) is 0. The first-order valence-corrected chi connectivity index (χ1v) is 9.64. The number of nitrogens with zero attached hydrogens (tertiary/aromatic N) is 1. The summed E-state index contributed by atoms with van der Waals surface area (Å²) in [4.78, 5) is 14.9. The zero-order chi connectivity index (χ0) is 17.5. The number of rotatable bonds is 2. The lowest BCUT2D eigenvalue weighted by Gasteiger charge is -2.64. The number of likely N-dealkylation sites (tertiary alicyclic amines) is 1. The van der Waals surface area contributed by atoms with Gasteiger partial charge in [-0.2, -0.15) is 0 Å². The number of amides is 1. The summed E-state index contributed by atoms with van der Waals surface area (Å²) in [7, 11) is 0. The molecule has 0 aromatic heterocycles. The maximum absolute atomic E-state index is 14.5. The standard InChI is InChI=1S/C21H25F2NO/c1-21(2)19(15-4-3-5-16(22)17(15)23)24(20(21)25)18-13-7-11-6-12(9-13)10-14(18)8-11/h3-5,11-14,18-19H,6-10H2,1-2H3. The third kappa shape index (κ3) is 2.03. The zero-order valence-electron chi connectivity index (χ0n) is 14.8. The average Bonchev–Trinajstić information content (AvgIpc) is 2.56. The van der Waals surface area contributed by atoms with E-state index in [9.17, 15) is 13.6 Å². The SMILES string of the molecule is CC1(C)C(=O)N(C2C3CC4CC(C3)CC2C4)C1c1cccc(F)c1F. The summed E-state index contributed by atoms with van der Waals surface area (Å²) in [5, 5.41) is 0. The van der Waals surface area contributed by atoms with Gasteiger partial charge in [-0.05, 0) is 75.7 Å². The van der Waals surface area contributed by atoms with Gasteiger partial charge in [0.1, 0.15) is 0 Å². The molecular formula is C21H25F2NO. The second-order valence-electron chi connectivity index (χ2n) is 9.40. The molecule has 134 valence electrons. The Morgan fingerprint density at radius 2 is 1.60 bits per heavy atom. The Bertz CT molecular complexity index is 715. The average molecular weight is 345 g/mol. The molecule has 25 heavy (non-hydrogen) atoms. The number of carbonyl (C=O) groups is 1. The molecule has 0 spiro atoms. The number of halogens is 2. The van der Waals surface area contributed by atoms with Crippen molar-refractivity contribution >= 4 is 5.91 Å². The minimum Gasteiger partial charge on any atom is -0.330 e. The smallest absolute Gasteiger partial charge is 0.231 e. The van der Waals surface area contributed by atoms with Crippen LogP contribution in [-0.4, -0.2) is 16.8 Å². The summed E-state index contributed by atoms with van der Waals surface area (Å²) in [6.07, 6.45) is 6.20. The maximum Gasteiger partial charge on any atom is 0.231 e. The fourth-order valence-corrected chi connectivity index (χ4v) is 6.78. The lowest BCUT2D eigenvalue weighted by Crippen LogP contribution is -2.69. The van der Waals surface area contributed by atoms with Crippen LogP contribution in [0.2, 0.25) is 0 Å². The van der Waals surface area contributed by atoms with E-state index in [1.54, 1.807) is 12.1 Å². The van der Waals surface area contributed by atoms with Crippen LogP contribution in [0.1, 0.15) is 57.6 Å². The van der Waals surface area contributed by atoms with Crippen molar-refractivity contribution in [3.8, 4) is 0 Å². The van der Waals surface area contributed by atoms with Crippen LogP contribution in [0.15, 0.2) is 18.2 Å². The summed E-state index contributed by atoms with van der Waals surface area (Å²) >= 11 is 0. The third-order valence-electron chi connectivity index (χ3n) is 7.52. The molecule has 4 saturated carbocycles. The summed E-state index contributed by atoms with van der Waals surface area (Å²) in [6, 6.07) is 4.24. The molecule has 4 aliphatic carbocycles. The predicted octanol–water partition coefficient (Wildman–Crippen LogP) is 4.70. The van der Waals surface area contributed by atoms with E-state index >= 15 is 0 Å². The fraction of sp³-hybridized carbons (Fsp3) is 0.667. The van der Waals surface area contributed by atoms with E-state index in [1.165, 1.54) is 32.1 Å². The van der Waals surface area contributed by atoms with Crippen LogP contribution < -0.4 is 0 Å². The Kier molecular flexibility index (Phi) is 3.19. The van der Waals surface area contributed by atoms with Gasteiger partial charge in [0.05, 0.1) is 11.5 Å². The quantitative estimate of drug-likeness (QED) is 0.712. The molecule has 5 fully saturated rings. The molecule has 1 heterocycles. The molecule has 5 aliphatic rings. The van der Waals surface area contributed by atoms with Gasteiger partial charge in [0.25, 0.3) is 0 Å². The first-order valence-electron chi connectivity index (χ1n) is 9.64. The van der Waals surface area contributed by atoms with Crippen molar-refractivity contribution in [3.63, 3.8) is 0 Å². The maximum atomic E-state index is 14.5. The Labute approximate surface area is 147 Å². The molecule has 0 radical (unpaired) electrons. The second kappa shape index (κ2) is 5.05. The van der Waals surface area contributed by atoms with Crippen molar-refractivity contribution in [2.75, 3.05) is 0 Å². The molecule has 6 rings (SSSR count). The Morgan fingerprint density at radius 1 is 1.00 bits per heavy atom. The summed E-state index contributed by atoms with van der Waals surface area (Å²) < 4.78 is 28.4. The number of β-lactam (4-membered cyclic amide) rings is 1. The molecule has 4 bridgehead atoms. The molecule has 1 aliphatic heterocycles. The summed E-state index contributed by atoms with van der Waals surface area (Å²) in [5.41, 5.74) is -0.318. The number of hydrogen-bond acceptors (Lipinski definition) is 1. The van der Waals surface area contributed by atoms with E-state index in [1.807, 2.05) is 18.7 Å². The molecule has 4 heteroatoms. The van der Waals surface area contributed by atoms with Crippen LogP contribution >= 0.6 is 0 Å². The predicted molar refractivity (Wildman–Crippen MR) is 90.6 cm³/mol. The molecule has 2 nitrogen and oxygen atoms in total. The highest BCUT2D eigenvalue weighted by Gasteiger charge is 2.62. The Balaban J connectivity index is 1.54. The van der Waals surface area contributed by atoms with E-state index in [0.717, 1.165) is 17.9 Å². The largest absolute Gasteiger partial charge is 0.330 e. The van der Waals surface area contributed by atoms with Crippen molar-refractivity contribution in [2.24, 2.45) is 29.1 Å². The monoisotopic (exact) mass is 345 g/mol. The highest BCUT2D eigenvalue weighted by Crippen LogP contribution is 2.60. The Hall–Kier alpha value is -1.45. The van der Waals surface area contributed by atoms with Gasteiger partial charge >= 0.3 is 0 Å². The van der Waals surface area contributed by atoms with Gasteiger partial charge < -0.3 is 4.90 Å². The van der Waals surface area contributed by atoms with Gasteiger partial charge in [-0.15, -0.1) is 0 Å². The van der Waals surface area contributed by atoms with E-state index in [-0.39, 0.29) is 18.0 Å². The third-order valence-corrected chi connectivity index (χ3v) is 7.52. The molecule has 1 saturated heterocycles. The summed E-state index contributed by atoms with van der Waals surface area (Å²) in [5.74, 6) is 1.25. The van der Waals surface area contributed by atoms with Crippen molar-refractivity contribution in [2.45, 2.75) is 58.0 Å². The first-order chi connectivity index (χ1) is 11.9. The lowest BCUT2D eigenvalue weighted by atomic mass is 9.52. The molecule has 0 N–H and O–H groups in total. The highest BCUT2D eigenvalue weighted by atomic mass is 19.2. The van der Waals surface area contributed by atoms with E-state index in [0.29, 0.717) is 17.4 Å². The second-order valence-corrected chi connectivity index (χ2v) is 9.40. The minimum absolute atomic E-state index is 0.110. The molecule has 1 atom stereocenters.